The number of carbonyl (C=O) groups excluding carboxylic acids is 1. The van der Waals surface area contributed by atoms with Crippen molar-refractivity contribution in [1.29, 1.82) is 0 Å². The number of ether oxygens (including phenoxy) is 3. The molecule has 0 atom stereocenters. The Morgan fingerprint density at radius 2 is 1.96 bits per heavy atom. The highest BCUT2D eigenvalue weighted by Crippen LogP contribution is 2.31. The first-order chi connectivity index (χ1) is 12.5. The van der Waals surface area contributed by atoms with Gasteiger partial charge in [0.1, 0.15) is 5.82 Å². The minimum absolute atomic E-state index is 0.0162. The lowest BCUT2D eigenvalue weighted by atomic mass is 10.2. The summed E-state index contributed by atoms with van der Waals surface area (Å²) in [6.45, 7) is -3.00. The SMILES string of the molecule is COc1cc(C2=N/C(=C\c3cccc(F)c3)C(=O)O2)ccc1OC(F)F. The van der Waals surface area contributed by atoms with E-state index in [2.05, 4.69) is 9.73 Å². The van der Waals surface area contributed by atoms with E-state index in [0.29, 0.717) is 11.1 Å². The molecule has 0 spiro atoms. The van der Waals surface area contributed by atoms with Crippen LogP contribution in [-0.2, 0) is 9.53 Å². The van der Waals surface area contributed by atoms with Crippen molar-refractivity contribution in [2.45, 2.75) is 6.61 Å². The Morgan fingerprint density at radius 3 is 2.65 bits per heavy atom. The van der Waals surface area contributed by atoms with Crippen LogP contribution < -0.4 is 9.47 Å². The average Bonchev–Trinajstić information content (AvgIpc) is 2.95. The van der Waals surface area contributed by atoms with Gasteiger partial charge in [-0.1, -0.05) is 12.1 Å². The number of carbonyl (C=O) groups is 1. The molecule has 26 heavy (non-hydrogen) atoms. The van der Waals surface area contributed by atoms with Crippen molar-refractivity contribution in [3.05, 3.63) is 65.1 Å². The summed E-state index contributed by atoms with van der Waals surface area (Å²) in [5, 5.41) is 0. The number of hydrogen-bond acceptors (Lipinski definition) is 5. The minimum atomic E-state index is -3.00. The number of nitrogens with zero attached hydrogens (tertiary/aromatic N) is 1. The predicted molar refractivity (Wildman–Crippen MR) is 86.6 cm³/mol. The van der Waals surface area contributed by atoms with E-state index in [1.807, 2.05) is 0 Å². The Kier molecular flexibility index (Phi) is 4.92. The van der Waals surface area contributed by atoms with E-state index in [4.69, 9.17) is 9.47 Å². The van der Waals surface area contributed by atoms with Gasteiger partial charge in [0.15, 0.2) is 17.2 Å². The van der Waals surface area contributed by atoms with Gasteiger partial charge in [-0.2, -0.15) is 8.78 Å². The monoisotopic (exact) mass is 363 g/mol. The molecule has 0 saturated heterocycles. The van der Waals surface area contributed by atoms with Gasteiger partial charge in [-0.3, -0.25) is 0 Å². The molecule has 0 aliphatic carbocycles. The summed E-state index contributed by atoms with van der Waals surface area (Å²) in [6, 6.07) is 9.64. The predicted octanol–water partition coefficient (Wildman–Crippen LogP) is 3.78. The lowest BCUT2D eigenvalue weighted by molar-refractivity contribution is -0.129. The van der Waals surface area contributed by atoms with Gasteiger partial charge in [0.05, 0.1) is 7.11 Å². The maximum atomic E-state index is 13.2. The fraction of sp³-hybridized carbons (Fsp3) is 0.111. The zero-order valence-corrected chi connectivity index (χ0v) is 13.4. The highest BCUT2D eigenvalue weighted by atomic mass is 19.3. The van der Waals surface area contributed by atoms with Crippen LogP contribution in [0.5, 0.6) is 11.5 Å². The first-order valence-corrected chi connectivity index (χ1v) is 7.37. The van der Waals surface area contributed by atoms with Crippen LogP contribution in [0.3, 0.4) is 0 Å². The van der Waals surface area contributed by atoms with Crippen LogP contribution in [0, 0.1) is 5.82 Å². The summed E-state index contributed by atoms with van der Waals surface area (Å²) >= 11 is 0. The van der Waals surface area contributed by atoms with E-state index in [0.717, 1.165) is 0 Å². The van der Waals surface area contributed by atoms with E-state index in [-0.39, 0.29) is 23.1 Å². The number of esters is 1. The molecular formula is C18H12F3NO4. The molecule has 0 amide bonds. The largest absolute Gasteiger partial charge is 0.493 e. The van der Waals surface area contributed by atoms with Gasteiger partial charge in [-0.05, 0) is 42.0 Å². The number of aliphatic imine (C=N–C) groups is 1. The third-order valence-corrected chi connectivity index (χ3v) is 3.40. The van der Waals surface area contributed by atoms with Crippen LogP contribution in [0.1, 0.15) is 11.1 Å². The summed E-state index contributed by atoms with van der Waals surface area (Å²) in [5.74, 6) is -1.32. The lowest BCUT2D eigenvalue weighted by Gasteiger charge is -2.10. The van der Waals surface area contributed by atoms with Crippen LogP contribution in [0.2, 0.25) is 0 Å². The van der Waals surface area contributed by atoms with E-state index in [1.165, 1.54) is 49.6 Å². The van der Waals surface area contributed by atoms with Crippen molar-refractivity contribution in [2.24, 2.45) is 4.99 Å². The molecule has 8 heteroatoms. The second kappa shape index (κ2) is 7.30. The smallest absolute Gasteiger partial charge is 0.387 e. The summed E-state index contributed by atoms with van der Waals surface area (Å²) < 4.78 is 52.4. The highest BCUT2D eigenvalue weighted by Gasteiger charge is 2.25. The van der Waals surface area contributed by atoms with Gasteiger partial charge in [0, 0.05) is 5.56 Å². The topological polar surface area (TPSA) is 57.1 Å². The zero-order chi connectivity index (χ0) is 18.7. The number of halogens is 3. The van der Waals surface area contributed by atoms with Crippen molar-refractivity contribution in [3.8, 4) is 11.5 Å². The Morgan fingerprint density at radius 1 is 1.15 bits per heavy atom. The summed E-state index contributed by atoms with van der Waals surface area (Å²) in [4.78, 5) is 16.0. The maximum Gasteiger partial charge on any atom is 0.387 e. The molecule has 5 nitrogen and oxygen atoms in total. The van der Waals surface area contributed by atoms with Gasteiger partial charge in [0.2, 0.25) is 5.90 Å². The molecule has 0 saturated carbocycles. The molecular weight excluding hydrogens is 351 g/mol. The molecule has 0 bridgehead atoms. The zero-order valence-electron chi connectivity index (χ0n) is 13.4. The van der Waals surface area contributed by atoms with Gasteiger partial charge < -0.3 is 14.2 Å². The van der Waals surface area contributed by atoms with Crippen LogP contribution in [0.4, 0.5) is 13.2 Å². The van der Waals surface area contributed by atoms with Crippen molar-refractivity contribution in [2.75, 3.05) is 7.11 Å². The van der Waals surface area contributed by atoms with E-state index in [9.17, 15) is 18.0 Å². The first-order valence-electron chi connectivity index (χ1n) is 7.37. The Hall–Kier alpha value is -3.29. The van der Waals surface area contributed by atoms with E-state index >= 15 is 0 Å². The number of hydrogen-bond donors (Lipinski definition) is 0. The molecule has 0 fully saturated rings. The second-order valence-electron chi connectivity index (χ2n) is 5.14. The highest BCUT2D eigenvalue weighted by molar-refractivity contribution is 6.13. The number of rotatable bonds is 5. The Bertz CT molecular complexity index is 909. The van der Waals surface area contributed by atoms with Gasteiger partial charge in [-0.25, -0.2) is 14.2 Å². The van der Waals surface area contributed by atoms with Crippen LogP contribution in [-0.4, -0.2) is 25.6 Å². The molecule has 1 aliphatic rings. The van der Waals surface area contributed by atoms with Crippen molar-refractivity contribution < 1.29 is 32.2 Å². The van der Waals surface area contributed by atoms with Crippen LogP contribution >= 0.6 is 0 Å². The van der Waals surface area contributed by atoms with Gasteiger partial charge >= 0.3 is 12.6 Å². The number of methoxy groups -OCH3 is 1. The van der Waals surface area contributed by atoms with Crippen molar-refractivity contribution >= 4 is 17.9 Å². The van der Waals surface area contributed by atoms with Crippen LogP contribution in [0.15, 0.2) is 53.2 Å². The molecule has 1 aliphatic heterocycles. The maximum absolute atomic E-state index is 13.2. The molecule has 134 valence electrons. The standard InChI is InChI=1S/C18H12F3NO4/c1-24-15-9-11(5-6-14(15)25-18(20)21)16-22-13(17(23)26-16)8-10-3-2-4-12(19)7-10/h2-9,18H,1H3/b13-8-. The molecule has 0 aromatic heterocycles. The second-order valence-corrected chi connectivity index (χ2v) is 5.14. The number of cyclic esters (lactones) is 1. The summed E-state index contributed by atoms with van der Waals surface area (Å²) in [6.07, 6.45) is 1.38. The fourth-order valence-electron chi connectivity index (χ4n) is 2.28. The van der Waals surface area contributed by atoms with Crippen molar-refractivity contribution in [3.63, 3.8) is 0 Å². The molecule has 0 unspecified atom stereocenters. The normalized spacial score (nSPS) is 15.2. The molecule has 0 N–H and O–H groups in total. The van der Waals surface area contributed by atoms with Gasteiger partial charge in [0.25, 0.3) is 0 Å². The first kappa shape index (κ1) is 17.5. The lowest BCUT2D eigenvalue weighted by Crippen LogP contribution is -2.07. The summed E-state index contributed by atoms with van der Waals surface area (Å²) in [5.41, 5.74) is 0.761. The minimum Gasteiger partial charge on any atom is -0.493 e. The number of alkyl halides is 2. The third-order valence-electron chi connectivity index (χ3n) is 3.40. The molecule has 1 heterocycles. The average molecular weight is 363 g/mol. The summed E-state index contributed by atoms with van der Waals surface area (Å²) in [7, 11) is 1.29. The number of benzene rings is 2. The molecule has 2 aromatic carbocycles. The fourth-order valence-corrected chi connectivity index (χ4v) is 2.28. The van der Waals surface area contributed by atoms with E-state index < -0.39 is 18.4 Å². The van der Waals surface area contributed by atoms with E-state index in [1.54, 1.807) is 6.07 Å². The molecule has 0 radical (unpaired) electrons. The van der Waals surface area contributed by atoms with Crippen LogP contribution in [0.25, 0.3) is 6.08 Å². The molecule has 2 aromatic rings. The van der Waals surface area contributed by atoms with Crippen molar-refractivity contribution in [1.82, 2.24) is 0 Å². The third kappa shape index (κ3) is 3.85. The Labute approximate surface area is 146 Å². The van der Waals surface area contributed by atoms with Gasteiger partial charge in [-0.15, -0.1) is 0 Å². The quantitative estimate of drug-likeness (QED) is 0.599. The molecule has 3 rings (SSSR count). The Balaban J connectivity index is 1.91.